The number of aliphatic hydroxyl groups is 8. The Morgan fingerprint density at radius 2 is 1.33 bits per heavy atom. The van der Waals surface area contributed by atoms with E-state index in [-0.39, 0.29) is 11.0 Å². The first kappa shape index (κ1) is 27.4. The van der Waals surface area contributed by atoms with Crippen molar-refractivity contribution in [3.8, 4) is 0 Å². The first-order valence-electron chi connectivity index (χ1n) is 7.90. The van der Waals surface area contributed by atoms with Crippen molar-refractivity contribution in [3.63, 3.8) is 0 Å². The van der Waals surface area contributed by atoms with Crippen LogP contribution in [0.3, 0.4) is 0 Å². The van der Waals surface area contributed by atoms with E-state index in [9.17, 15) is 49.3 Å². The lowest BCUT2D eigenvalue weighted by Crippen LogP contribution is -2.75. The molecule has 3 fully saturated rings. The molecule has 9 atom stereocenters. The van der Waals surface area contributed by atoms with Gasteiger partial charge in [-0.05, 0) is 0 Å². The Morgan fingerprint density at radius 3 is 1.80 bits per heavy atom. The lowest BCUT2D eigenvalue weighted by atomic mass is 9.94. The molecular formula is C12H24O17S. The Balaban J connectivity index is 0.00000225. The monoisotopic (exact) mass is 472 g/mol. The molecular weight excluding hydrogens is 448 g/mol. The van der Waals surface area contributed by atoms with Crippen molar-refractivity contribution >= 4 is 10.4 Å². The van der Waals surface area contributed by atoms with Crippen LogP contribution in [0.25, 0.3) is 0 Å². The molecule has 0 bridgehead atoms. The van der Waals surface area contributed by atoms with Crippen molar-refractivity contribution < 1.29 is 82.8 Å². The summed E-state index contributed by atoms with van der Waals surface area (Å²) in [5.41, 5.74) is 0. The molecule has 0 radical (unpaired) electrons. The van der Waals surface area contributed by atoms with Gasteiger partial charge in [0.15, 0.2) is 0 Å². The van der Waals surface area contributed by atoms with Crippen LogP contribution in [0.5, 0.6) is 0 Å². The van der Waals surface area contributed by atoms with Gasteiger partial charge in [0.05, 0.1) is 13.2 Å². The van der Waals surface area contributed by atoms with E-state index < -0.39 is 84.4 Å². The van der Waals surface area contributed by atoms with Crippen LogP contribution in [0.15, 0.2) is 0 Å². The maximum absolute atomic E-state index is 11.8. The number of hydrogen-bond donors (Lipinski definition) is 8. The fraction of sp³-hybridized carbons (Fsp3) is 1.00. The highest BCUT2D eigenvalue weighted by Crippen LogP contribution is 2.51. The minimum atomic E-state index is -5.14. The molecule has 12 N–H and O–H groups in total. The van der Waals surface area contributed by atoms with Gasteiger partial charge in [-0.15, -0.1) is 0 Å². The van der Waals surface area contributed by atoms with E-state index >= 15 is 0 Å². The van der Waals surface area contributed by atoms with Gasteiger partial charge in [-0.25, -0.2) is 4.18 Å². The summed E-state index contributed by atoms with van der Waals surface area (Å²) in [5.74, 6) is -9.62. The Hall–Kier alpha value is -0.650. The third-order valence-corrected chi connectivity index (χ3v) is 5.57. The number of hydrogen-bond acceptors (Lipinski definition) is 15. The maximum atomic E-state index is 11.8. The quantitative estimate of drug-likeness (QED) is 0.184. The van der Waals surface area contributed by atoms with Gasteiger partial charge in [0, 0.05) is 0 Å². The van der Waals surface area contributed by atoms with E-state index in [1.165, 1.54) is 0 Å². The largest absolute Gasteiger partial charge is 0.412 e. The SMILES string of the molecule is O.O.O=S1(=O)O[C@@]2(OC3(CO)O[C@H](CO)[C@@H](O)[C@@H]3O)O[C@H](CO)[C@@H](O)[C@H](O)[C@]2(O)O1. The summed E-state index contributed by atoms with van der Waals surface area (Å²) in [5, 5.41) is 78.9. The normalized spacial score (nSPS) is 49.7. The summed E-state index contributed by atoms with van der Waals surface area (Å²) < 4.78 is 47.6. The Labute approximate surface area is 168 Å². The molecule has 0 amide bonds. The molecule has 0 aromatic heterocycles. The number of rotatable bonds is 5. The molecule has 180 valence electrons. The van der Waals surface area contributed by atoms with Gasteiger partial charge in [0.2, 0.25) is 5.79 Å². The first-order valence-corrected chi connectivity index (χ1v) is 9.23. The van der Waals surface area contributed by atoms with Crippen molar-refractivity contribution in [3.05, 3.63) is 0 Å². The van der Waals surface area contributed by atoms with Crippen molar-refractivity contribution in [2.75, 3.05) is 19.8 Å². The van der Waals surface area contributed by atoms with Gasteiger partial charge in [-0.1, -0.05) is 0 Å². The fourth-order valence-electron chi connectivity index (χ4n) is 3.19. The molecule has 17 nitrogen and oxygen atoms in total. The van der Waals surface area contributed by atoms with Crippen molar-refractivity contribution in [2.24, 2.45) is 0 Å². The van der Waals surface area contributed by atoms with Crippen LogP contribution in [0.2, 0.25) is 0 Å². The first-order chi connectivity index (χ1) is 12.9. The second kappa shape index (κ2) is 8.71. The third-order valence-electron chi connectivity index (χ3n) is 4.68. The molecule has 0 aromatic rings. The molecule has 3 aliphatic rings. The van der Waals surface area contributed by atoms with E-state index in [1.54, 1.807) is 0 Å². The van der Waals surface area contributed by atoms with Crippen LogP contribution in [0, 0.1) is 0 Å². The molecule has 3 saturated heterocycles. The topological polar surface area (TPSA) is 305 Å². The predicted molar refractivity (Wildman–Crippen MR) is 84.8 cm³/mol. The lowest BCUT2D eigenvalue weighted by Gasteiger charge is -2.49. The lowest BCUT2D eigenvalue weighted by molar-refractivity contribution is -0.526. The zero-order valence-corrected chi connectivity index (χ0v) is 15.7. The molecule has 0 spiro atoms. The third kappa shape index (κ3) is 3.73. The minimum Gasteiger partial charge on any atom is -0.412 e. The summed E-state index contributed by atoms with van der Waals surface area (Å²) >= 11 is 0. The average Bonchev–Trinajstić information content (AvgIpc) is 3.00. The van der Waals surface area contributed by atoms with Gasteiger partial charge < -0.3 is 61.3 Å². The highest BCUT2D eigenvalue weighted by molar-refractivity contribution is 7.82. The minimum absolute atomic E-state index is 0. The standard InChI is InChI=1S/C12H20O15S.2H2O/c13-1-4-6(16)8(18)10(3-15,23-4)25-12-11(20,26-28(21,22)27-12)9(19)7(17)5(2-14)24-12;;/h4-9,13-20H,1-3H2;2*1H2/t4-,5-,6-,7-,8+,9+,10?,11+,12-;;/m1../s1. The number of aliphatic hydroxyl groups excluding tert-OH is 7. The van der Waals surface area contributed by atoms with E-state index in [0.717, 1.165) is 0 Å². The van der Waals surface area contributed by atoms with E-state index in [1.807, 2.05) is 0 Å². The Bertz CT molecular complexity index is 703. The van der Waals surface area contributed by atoms with Crippen molar-refractivity contribution in [1.82, 2.24) is 0 Å². The van der Waals surface area contributed by atoms with E-state index in [0.29, 0.717) is 0 Å². The smallest absolute Gasteiger partial charge is 0.407 e. The van der Waals surface area contributed by atoms with Gasteiger partial charge in [0.25, 0.3) is 5.79 Å². The second-order valence-corrected chi connectivity index (χ2v) is 7.60. The van der Waals surface area contributed by atoms with Crippen LogP contribution in [-0.2, 0) is 33.0 Å². The summed E-state index contributed by atoms with van der Waals surface area (Å²) in [6.07, 6.45) is -11.9. The maximum Gasteiger partial charge on any atom is 0.407 e. The Morgan fingerprint density at radius 1 is 0.833 bits per heavy atom. The van der Waals surface area contributed by atoms with Crippen LogP contribution < -0.4 is 0 Å². The molecule has 18 heteroatoms. The summed E-state index contributed by atoms with van der Waals surface area (Å²) in [4.78, 5) is 0. The van der Waals surface area contributed by atoms with Gasteiger partial charge in [-0.2, -0.15) is 12.6 Å². The van der Waals surface area contributed by atoms with Crippen molar-refractivity contribution in [1.29, 1.82) is 0 Å². The second-order valence-electron chi connectivity index (χ2n) is 6.45. The van der Waals surface area contributed by atoms with Gasteiger partial charge in [-0.3, -0.25) is 4.74 Å². The molecule has 0 saturated carbocycles. The fourth-order valence-corrected chi connectivity index (χ4v) is 4.20. The average molecular weight is 472 g/mol. The molecule has 1 unspecified atom stereocenters. The molecule has 3 heterocycles. The van der Waals surface area contributed by atoms with E-state index in [2.05, 4.69) is 8.37 Å². The molecule has 0 aliphatic carbocycles. The number of fused-ring (bicyclic) bond motifs is 1. The molecule has 0 aromatic carbocycles. The summed E-state index contributed by atoms with van der Waals surface area (Å²) in [6, 6.07) is 0. The Kier molecular flexibility index (Phi) is 7.95. The van der Waals surface area contributed by atoms with Crippen LogP contribution in [-0.4, -0.2) is 134 Å². The van der Waals surface area contributed by atoms with Gasteiger partial charge in [0.1, 0.15) is 43.2 Å². The zero-order chi connectivity index (χ0) is 21.1. The van der Waals surface area contributed by atoms with Crippen LogP contribution >= 0.6 is 0 Å². The van der Waals surface area contributed by atoms with Crippen LogP contribution in [0.1, 0.15) is 0 Å². The summed E-state index contributed by atoms with van der Waals surface area (Å²) in [6.45, 7) is -3.19. The zero-order valence-electron chi connectivity index (χ0n) is 14.9. The van der Waals surface area contributed by atoms with Crippen LogP contribution in [0.4, 0.5) is 0 Å². The molecule has 3 aliphatic heterocycles. The van der Waals surface area contributed by atoms with E-state index in [4.69, 9.17) is 14.2 Å². The highest BCUT2D eigenvalue weighted by atomic mass is 32.3. The van der Waals surface area contributed by atoms with Gasteiger partial charge >= 0.3 is 16.4 Å². The van der Waals surface area contributed by atoms with Crippen molar-refractivity contribution in [2.45, 2.75) is 54.2 Å². The molecule has 30 heavy (non-hydrogen) atoms. The summed E-state index contributed by atoms with van der Waals surface area (Å²) in [7, 11) is -5.14. The number of ether oxygens (including phenoxy) is 3. The predicted octanol–water partition coefficient (Wildman–Crippen LogP) is -8.10. The highest BCUT2D eigenvalue weighted by Gasteiger charge is 2.79. The molecule has 3 rings (SSSR count).